The van der Waals surface area contributed by atoms with Gasteiger partial charge in [0.25, 0.3) is 5.91 Å². The minimum absolute atomic E-state index is 0.108. The Kier molecular flexibility index (Phi) is 5.69. The molecule has 7 nitrogen and oxygen atoms in total. The van der Waals surface area contributed by atoms with Crippen molar-refractivity contribution in [3.05, 3.63) is 65.3 Å². The summed E-state index contributed by atoms with van der Waals surface area (Å²) in [6, 6.07) is 3.19. The summed E-state index contributed by atoms with van der Waals surface area (Å²) in [5.74, 6) is -2.40. The molecular formula is C21H18F7N5O2. The maximum atomic E-state index is 13.9. The number of carbonyl (C=O) groups is 1. The molecule has 0 aliphatic carbocycles. The Hall–Kier alpha value is -3.42. The Morgan fingerprint density at radius 1 is 1.09 bits per heavy atom. The second-order valence-corrected chi connectivity index (χ2v) is 8.34. The molecule has 1 unspecified atom stereocenters. The van der Waals surface area contributed by atoms with E-state index in [0.717, 1.165) is 46.1 Å². The molecule has 0 saturated heterocycles. The molecule has 188 valence electrons. The molecule has 0 saturated carbocycles. The minimum atomic E-state index is -5.03. The largest absolute Gasteiger partial charge is 0.434 e. The van der Waals surface area contributed by atoms with Gasteiger partial charge in [-0.05, 0) is 38.1 Å². The van der Waals surface area contributed by atoms with Gasteiger partial charge in [-0.3, -0.25) is 4.79 Å². The Balaban J connectivity index is 1.70. The predicted molar refractivity (Wildman–Crippen MR) is 106 cm³/mol. The first-order valence-electron chi connectivity index (χ1n) is 10.2. The van der Waals surface area contributed by atoms with Crippen LogP contribution in [0.2, 0.25) is 0 Å². The molecule has 0 radical (unpaired) electrons. The van der Waals surface area contributed by atoms with Crippen LogP contribution in [0.4, 0.5) is 30.7 Å². The van der Waals surface area contributed by atoms with Crippen molar-refractivity contribution in [2.75, 3.05) is 6.54 Å². The highest BCUT2D eigenvalue weighted by Gasteiger charge is 2.55. The zero-order valence-electron chi connectivity index (χ0n) is 18.2. The van der Waals surface area contributed by atoms with Crippen molar-refractivity contribution in [3.8, 4) is 5.69 Å². The molecule has 0 fully saturated rings. The topological polar surface area (TPSA) is 76.2 Å². The zero-order valence-corrected chi connectivity index (χ0v) is 18.2. The molecule has 14 heteroatoms. The predicted octanol–water partition coefficient (Wildman–Crippen LogP) is 4.21. The van der Waals surface area contributed by atoms with Gasteiger partial charge in [0.1, 0.15) is 5.82 Å². The summed E-state index contributed by atoms with van der Waals surface area (Å²) in [5, 5.41) is 13.7. The zero-order chi connectivity index (χ0) is 25.9. The van der Waals surface area contributed by atoms with Crippen molar-refractivity contribution in [1.82, 2.24) is 24.2 Å². The average Bonchev–Trinajstić information content (AvgIpc) is 3.38. The SMILES string of the molecule is C[C@H]1CN(C(=O)c2cnn(-c3ccc(F)cc3)c2C(F)(F)F)Cc2cnc(C(C)(O)C(F)(F)F)n21. The second kappa shape index (κ2) is 8.07. The van der Waals surface area contributed by atoms with Gasteiger partial charge in [-0.15, -0.1) is 0 Å². The number of aromatic nitrogens is 4. The first kappa shape index (κ1) is 24.7. The van der Waals surface area contributed by atoms with Crippen LogP contribution < -0.4 is 0 Å². The number of aliphatic hydroxyl groups is 1. The van der Waals surface area contributed by atoms with E-state index in [1.54, 1.807) is 0 Å². The van der Waals surface area contributed by atoms with E-state index in [1.807, 2.05) is 0 Å². The van der Waals surface area contributed by atoms with Gasteiger partial charge in [0.05, 0.1) is 41.9 Å². The molecule has 0 bridgehead atoms. The molecule has 0 spiro atoms. The number of imidazole rings is 1. The van der Waals surface area contributed by atoms with Crippen LogP contribution in [-0.2, 0) is 18.3 Å². The molecule has 2 atom stereocenters. The highest BCUT2D eigenvalue weighted by molar-refractivity contribution is 5.95. The van der Waals surface area contributed by atoms with Crippen LogP contribution in [0.3, 0.4) is 0 Å². The normalized spacial score (nSPS) is 18.3. The monoisotopic (exact) mass is 505 g/mol. The molecular weight excluding hydrogens is 487 g/mol. The first-order chi connectivity index (χ1) is 16.1. The van der Waals surface area contributed by atoms with Gasteiger partial charge >= 0.3 is 12.4 Å². The highest BCUT2D eigenvalue weighted by atomic mass is 19.4. The van der Waals surface area contributed by atoms with Gasteiger partial charge in [-0.2, -0.15) is 31.4 Å². The summed E-state index contributed by atoms with van der Waals surface area (Å²) in [7, 11) is 0. The summed E-state index contributed by atoms with van der Waals surface area (Å²) < 4.78 is 96.7. The summed E-state index contributed by atoms with van der Waals surface area (Å²) in [6.07, 6.45) is -8.25. The smallest absolute Gasteiger partial charge is 0.374 e. The molecule has 3 aromatic rings. The van der Waals surface area contributed by atoms with E-state index in [9.17, 15) is 40.6 Å². The Morgan fingerprint density at radius 3 is 2.29 bits per heavy atom. The number of amides is 1. The lowest BCUT2D eigenvalue weighted by atomic mass is 10.0. The van der Waals surface area contributed by atoms with Crippen molar-refractivity contribution in [2.45, 2.75) is 44.4 Å². The van der Waals surface area contributed by atoms with Crippen LogP contribution in [0, 0.1) is 5.82 Å². The lowest BCUT2D eigenvalue weighted by Gasteiger charge is -2.36. The van der Waals surface area contributed by atoms with Crippen LogP contribution in [0.15, 0.2) is 36.7 Å². The molecule has 35 heavy (non-hydrogen) atoms. The maximum absolute atomic E-state index is 13.9. The third kappa shape index (κ3) is 4.15. The van der Waals surface area contributed by atoms with Crippen LogP contribution in [0.5, 0.6) is 0 Å². The second-order valence-electron chi connectivity index (χ2n) is 8.34. The van der Waals surface area contributed by atoms with Gasteiger partial charge in [0.15, 0.2) is 11.5 Å². The van der Waals surface area contributed by atoms with E-state index in [4.69, 9.17) is 0 Å². The summed E-state index contributed by atoms with van der Waals surface area (Å²) in [4.78, 5) is 17.9. The van der Waals surface area contributed by atoms with E-state index in [1.165, 1.54) is 6.92 Å². The fourth-order valence-electron chi connectivity index (χ4n) is 4.03. The van der Waals surface area contributed by atoms with E-state index >= 15 is 0 Å². The van der Waals surface area contributed by atoms with Crippen molar-refractivity contribution >= 4 is 5.91 Å². The number of benzene rings is 1. The van der Waals surface area contributed by atoms with E-state index < -0.39 is 52.8 Å². The Bertz CT molecular complexity index is 1260. The van der Waals surface area contributed by atoms with Crippen molar-refractivity contribution < 1.29 is 40.6 Å². The highest BCUT2D eigenvalue weighted by Crippen LogP contribution is 2.40. The minimum Gasteiger partial charge on any atom is -0.374 e. The quantitative estimate of drug-likeness (QED) is 0.542. The summed E-state index contributed by atoms with van der Waals surface area (Å²) in [6.45, 7) is 1.41. The van der Waals surface area contributed by atoms with Gasteiger partial charge in [-0.1, -0.05) is 0 Å². The number of rotatable bonds is 3. The van der Waals surface area contributed by atoms with Crippen LogP contribution >= 0.6 is 0 Å². The van der Waals surface area contributed by atoms with E-state index in [0.29, 0.717) is 11.6 Å². The van der Waals surface area contributed by atoms with Crippen LogP contribution in [0.1, 0.15) is 47.5 Å². The van der Waals surface area contributed by atoms with E-state index in [-0.39, 0.29) is 24.5 Å². The molecule has 3 heterocycles. The van der Waals surface area contributed by atoms with Gasteiger partial charge in [-0.25, -0.2) is 14.1 Å². The molecule has 4 rings (SSSR count). The van der Waals surface area contributed by atoms with Gasteiger partial charge in [0, 0.05) is 6.54 Å². The number of hydrogen-bond acceptors (Lipinski definition) is 4. The summed E-state index contributed by atoms with van der Waals surface area (Å²) in [5.41, 5.74) is -5.44. The molecule has 1 amide bonds. The Labute approximate surface area is 193 Å². The average molecular weight is 505 g/mol. The number of alkyl halides is 6. The fraction of sp³-hybridized carbons (Fsp3) is 0.381. The van der Waals surface area contributed by atoms with Gasteiger partial charge in [0.2, 0.25) is 5.60 Å². The Morgan fingerprint density at radius 2 is 1.71 bits per heavy atom. The number of nitrogens with zero attached hydrogens (tertiary/aromatic N) is 5. The van der Waals surface area contributed by atoms with Gasteiger partial charge < -0.3 is 14.6 Å². The van der Waals surface area contributed by atoms with Crippen molar-refractivity contribution in [3.63, 3.8) is 0 Å². The lowest BCUT2D eigenvalue weighted by Crippen LogP contribution is -2.45. The van der Waals surface area contributed by atoms with Crippen LogP contribution in [0.25, 0.3) is 5.69 Å². The lowest BCUT2D eigenvalue weighted by molar-refractivity contribution is -0.263. The fourth-order valence-corrected chi connectivity index (χ4v) is 4.03. The number of fused-ring (bicyclic) bond motifs is 1. The van der Waals surface area contributed by atoms with Crippen LogP contribution in [-0.4, -0.2) is 48.0 Å². The molecule has 1 N–H and O–H groups in total. The molecule has 1 aromatic carbocycles. The molecule has 2 aromatic heterocycles. The first-order valence-corrected chi connectivity index (χ1v) is 10.2. The molecule has 1 aliphatic heterocycles. The third-order valence-corrected chi connectivity index (χ3v) is 5.77. The number of halogens is 7. The molecule has 1 aliphatic rings. The number of hydrogen-bond donors (Lipinski definition) is 1. The van der Waals surface area contributed by atoms with Crippen molar-refractivity contribution in [1.29, 1.82) is 0 Å². The third-order valence-electron chi connectivity index (χ3n) is 5.77. The summed E-state index contributed by atoms with van der Waals surface area (Å²) >= 11 is 0. The van der Waals surface area contributed by atoms with E-state index in [2.05, 4.69) is 10.1 Å². The maximum Gasteiger partial charge on any atom is 0.434 e. The van der Waals surface area contributed by atoms with Crippen molar-refractivity contribution in [2.24, 2.45) is 0 Å². The number of carbonyl (C=O) groups excluding carboxylic acids is 1. The standard InChI is InChI=1S/C21H18F7N5O2/c1-11-9-31(10-14-7-29-18(32(11)14)19(2,35)21(26,27)28)17(34)15-8-30-33(16(15)20(23,24)25)13-5-3-12(22)4-6-13/h3-8,11,35H,9-10H2,1-2H3/t11-,19?/m0/s1.